The molecule has 0 bridgehead atoms. The van der Waals surface area contributed by atoms with Gasteiger partial charge in [-0.15, -0.1) is 0 Å². The highest BCUT2D eigenvalue weighted by Gasteiger charge is 2.22. The van der Waals surface area contributed by atoms with Crippen LogP contribution in [0, 0.1) is 17.5 Å². The Hall–Kier alpha value is -2.02. The molecule has 0 aliphatic heterocycles. The number of aryl methyl sites for hydroxylation is 1. The monoisotopic (exact) mass is 285 g/mol. The van der Waals surface area contributed by atoms with Gasteiger partial charge in [-0.3, -0.25) is 4.68 Å². The zero-order chi connectivity index (χ0) is 14.9. The predicted molar refractivity (Wildman–Crippen MR) is 66.8 cm³/mol. The lowest BCUT2D eigenvalue weighted by Gasteiger charge is -2.16. The van der Waals surface area contributed by atoms with E-state index in [1.807, 2.05) is 6.92 Å². The fourth-order valence-electron chi connectivity index (χ4n) is 2.01. The SMILES string of the molecule is CCn1ncc(OC)c1C(N)c1cc(F)c(F)c(F)c1. The van der Waals surface area contributed by atoms with E-state index in [0.29, 0.717) is 18.0 Å². The number of hydrogen-bond donors (Lipinski definition) is 1. The molecule has 2 N–H and O–H groups in total. The summed E-state index contributed by atoms with van der Waals surface area (Å²) in [6.45, 7) is 2.35. The minimum Gasteiger partial charge on any atom is -0.493 e. The van der Waals surface area contributed by atoms with Crippen molar-refractivity contribution < 1.29 is 17.9 Å². The molecular weight excluding hydrogens is 271 g/mol. The molecule has 20 heavy (non-hydrogen) atoms. The number of benzene rings is 1. The minimum absolute atomic E-state index is 0.106. The molecule has 2 rings (SSSR count). The molecule has 1 atom stereocenters. The highest BCUT2D eigenvalue weighted by molar-refractivity contribution is 5.36. The molecule has 0 radical (unpaired) electrons. The maximum absolute atomic E-state index is 13.3. The van der Waals surface area contributed by atoms with E-state index in [0.717, 1.165) is 12.1 Å². The van der Waals surface area contributed by atoms with Crippen molar-refractivity contribution in [3.05, 3.63) is 47.0 Å². The molecule has 0 saturated carbocycles. The third kappa shape index (κ3) is 2.36. The van der Waals surface area contributed by atoms with Gasteiger partial charge in [-0.2, -0.15) is 5.10 Å². The quantitative estimate of drug-likeness (QED) is 0.877. The maximum atomic E-state index is 13.3. The van der Waals surface area contributed by atoms with Crippen LogP contribution in [0.5, 0.6) is 5.75 Å². The Morgan fingerprint density at radius 3 is 2.40 bits per heavy atom. The van der Waals surface area contributed by atoms with E-state index >= 15 is 0 Å². The second-order valence-corrected chi connectivity index (χ2v) is 4.19. The third-order valence-electron chi connectivity index (χ3n) is 3.02. The average Bonchev–Trinajstić information content (AvgIpc) is 2.86. The number of aromatic nitrogens is 2. The van der Waals surface area contributed by atoms with E-state index in [-0.39, 0.29) is 5.56 Å². The van der Waals surface area contributed by atoms with Crippen LogP contribution >= 0.6 is 0 Å². The lowest BCUT2D eigenvalue weighted by Crippen LogP contribution is -2.18. The summed E-state index contributed by atoms with van der Waals surface area (Å²) in [6.07, 6.45) is 1.47. The standard InChI is InChI=1S/C13H14F3N3O/c1-3-19-13(10(20-2)6-18-19)12(17)7-4-8(14)11(16)9(15)5-7/h4-6,12H,3,17H2,1-2H3. The van der Waals surface area contributed by atoms with Gasteiger partial charge in [0.25, 0.3) is 0 Å². The van der Waals surface area contributed by atoms with Crippen molar-refractivity contribution in [2.24, 2.45) is 5.73 Å². The van der Waals surface area contributed by atoms with Crippen molar-refractivity contribution in [3.63, 3.8) is 0 Å². The summed E-state index contributed by atoms with van der Waals surface area (Å²) in [4.78, 5) is 0. The molecular formula is C13H14F3N3O. The van der Waals surface area contributed by atoms with E-state index in [1.165, 1.54) is 13.3 Å². The van der Waals surface area contributed by atoms with Crippen LogP contribution in [-0.2, 0) is 6.54 Å². The minimum atomic E-state index is -1.52. The van der Waals surface area contributed by atoms with E-state index in [2.05, 4.69) is 5.10 Å². The van der Waals surface area contributed by atoms with Gasteiger partial charge < -0.3 is 10.5 Å². The number of rotatable bonds is 4. The van der Waals surface area contributed by atoms with Crippen molar-refractivity contribution in [1.29, 1.82) is 0 Å². The summed E-state index contributed by atoms with van der Waals surface area (Å²) in [5.41, 5.74) is 6.58. The van der Waals surface area contributed by atoms with Crippen LogP contribution in [0.25, 0.3) is 0 Å². The van der Waals surface area contributed by atoms with Gasteiger partial charge in [0.15, 0.2) is 23.2 Å². The van der Waals surface area contributed by atoms with E-state index < -0.39 is 23.5 Å². The number of methoxy groups -OCH3 is 1. The van der Waals surface area contributed by atoms with Gasteiger partial charge in [0.2, 0.25) is 0 Å². The molecule has 0 aliphatic rings. The molecule has 0 spiro atoms. The number of ether oxygens (including phenoxy) is 1. The first-order valence-corrected chi connectivity index (χ1v) is 5.99. The second kappa shape index (κ2) is 5.54. The first-order valence-electron chi connectivity index (χ1n) is 5.99. The van der Waals surface area contributed by atoms with E-state index in [4.69, 9.17) is 10.5 Å². The van der Waals surface area contributed by atoms with Gasteiger partial charge in [-0.25, -0.2) is 13.2 Å². The van der Waals surface area contributed by atoms with Gasteiger partial charge in [0, 0.05) is 6.54 Å². The van der Waals surface area contributed by atoms with Crippen LogP contribution in [0.4, 0.5) is 13.2 Å². The number of hydrogen-bond acceptors (Lipinski definition) is 3. The van der Waals surface area contributed by atoms with Crippen LogP contribution in [0.3, 0.4) is 0 Å². The molecule has 0 saturated heterocycles. The van der Waals surface area contributed by atoms with Crippen LogP contribution in [0.1, 0.15) is 24.2 Å². The van der Waals surface area contributed by atoms with Gasteiger partial charge in [-0.1, -0.05) is 0 Å². The number of nitrogens with two attached hydrogens (primary N) is 1. The Bertz CT molecular complexity index is 583. The molecule has 1 aromatic heterocycles. The van der Waals surface area contributed by atoms with Gasteiger partial charge >= 0.3 is 0 Å². The first kappa shape index (κ1) is 14.4. The average molecular weight is 285 g/mol. The second-order valence-electron chi connectivity index (χ2n) is 4.19. The fourth-order valence-corrected chi connectivity index (χ4v) is 2.01. The van der Waals surface area contributed by atoms with Crippen molar-refractivity contribution in [2.45, 2.75) is 19.5 Å². The van der Waals surface area contributed by atoms with Crippen LogP contribution in [0.2, 0.25) is 0 Å². The fraction of sp³-hybridized carbons (Fsp3) is 0.308. The largest absolute Gasteiger partial charge is 0.493 e. The molecule has 108 valence electrons. The Labute approximate surface area is 114 Å². The van der Waals surface area contributed by atoms with Gasteiger partial charge in [0.05, 0.1) is 19.3 Å². The van der Waals surface area contributed by atoms with Crippen molar-refractivity contribution in [3.8, 4) is 5.75 Å². The summed E-state index contributed by atoms with van der Waals surface area (Å²) < 4.78 is 46.2. The maximum Gasteiger partial charge on any atom is 0.194 e. The molecule has 7 heteroatoms. The topological polar surface area (TPSA) is 53.1 Å². The number of nitrogens with zero attached hydrogens (tertiary/aromatic N) is 2. The highest BCUT2D eigenvalue weighted by atomic mass is 19.2. The predicted octanol–water partition coefficient (Wildman–Crippen LogP) is 2.38. The normalized spacial score (nSPS) is 12.5. The van der Waals surface area contributed by atoms with Crippen LogP contribution in [-0.4, -0.2) is 16.9 Å². The lowest BCUT2D eigenvalue weighted by molar-refractivity contribution is 0.404. The summed E-state index contributed by atoms with van der Waals surface area (Å²) in [7, 11) is 1.44. The van der Waals surface area contributed by atoms with Gasteiger partial charge in [-0.05, 0) is 24.6 Å². The lowest BCUT2D eigenvalue weighted by atomic mass is 10.0. The van der Waals surface area contributed by atoms with Crippen LogP contribution < -0.4 is 10.5 Å². The Kier molecular flexibility index (Phi) is 3.99. The third-order valence-corrected chi connectivity index (χ3v) is 3.02. The van der Waals surface area contributed by atoms with E-state index in [1.54, 1.807) is 4.68 Å². The highest BCUT2D eigenvalue weighted by Crippen LogP contribution is 2.29. The molecule has 0 amide bonds. The Morgan fingerprint density at radius 2 is 1.90 bits per heavy atom. The molecule has 1 unspecified atom stereocenters. The Morgan fingerprint density at radius 1 is 1.30 bits per heavy atom. The van der Waals surface area contributed by atoms with E-state index in [9.17, 15) is 13.2 Å². The smallest absolute Gasteiger partial charge is 0.194 e. The molecule has 0 fully saturated rings. The zero-order valence-electron chi connectivity index (χ0n) is 11.0. The molecule has 4 nitrogen and oxygen atoms in total. The van der Waals surface area contributed by atoms with Crippen molar-refractivity contribution in [2.75, 3.05) is 7.11 Å². The summed E-state index contributed by atoms with van der Waals surface area (Å²) >= 11 is 0. The molecule has 0 aliphatic carbocycles. The summed E-state index contributed by atoms with van der Waals surface area (Å²) in [6, 6.07) is 0.863. The van der Waals surface area contributed by atoms with Crippen molar-refractivity contribution >= 4 is 0 Å². The number of halogens is 3. The van der Waals surface area contributed by atoms with Crippen LogP contribution in [0.15, 0.2) is 18.3 Å². The van der Waals surface area contributed by atoms with Gasteiger partial charge in [0.1, 0.15) is 5.69 Å². The Balaban J connectivity index is 2.51. The summed E-state index contributed by atoms with van der Waals surface area (Å²) in [5, 5.41) is 4.06. The first-order chi connectivity index (χ1) is 9.49. The van der Waals surface area contributed by atoms with Crippen molar-refractivity contribution in [1.82, 2.24) is 9.78 Å². The summed E-state index contributed by atoms with van der Waals surface area (Å²) in [5.74, 6) is -3.67. The zero-order valence-corrected chi connectivity index (χ0v) is 11.0. The molecule has 1 heterocycles. The molecule has 1 aromatic carbocycles. The molecule has 2 aromatic rings.